The Morgan fingerprint density at radius 3 is 2.32 bits per heavy atom. The standard InChI is InChI=1S/C11H12BrCl2N3O2/c1-11(2,9(15)17-19)10(18)16-8-6(13)3-5(12)4-7(8)14/h3-4,19H,1-2H3,(H2,15,17)(H,16,18). The molecule has 0 atom stereocenters. The highest BCUT2D eigenvalue weighted by atomic mass is 79.9. The molecule has 0 radical (unpaired) electrons. The van der Waals surface area contributed by atoms with Crippen molar-refractivity contribution in [3.05, 3.63) is 26.7 Å². The molecule has 0 heterocycles. The van der Waals surface area contributed by atoms with E-state index in [9.17, 15) is 4.79 Å². The van der Waals surface area contributed by atoms with Crippen LogP contribution in [0.15, 0.2) is 21.8 Å². The van der Waals surface area contributed by atoms with Gasteiger partial charge in [-0.2, -0.15) is 0 Å². The third-order valence-electron chi connectivity index (χ3n) is 2.56. The zero-order chi connectivity index (χ0) is 14.8. The van der Waals surface area contributed by atoms with Gasteiger partial charge in [0, 0.05) is 4.47 Å². The number of nitrogens with two attached hydrogens (primary N) is 1. The van der Waals surface area contributed by atoms with Crippen LogP contribution < -0.4 is 11.1 Å². The molecule has 8 heteroatoms. The number of anilines is 1. The summed E-state index contributed by atoms with van der Waals surface area (Å²) in [4.78, 5) is 12.1. The number of amides is 1. The van der Waals surface area contributed by atoms with Gasteiger partial charge in [0.25, 0.3) is 0 Å². The average Bonchev–Trinajstić information content (AvgIpc) is 2.31. The number of hydrogen-bond acceptors (Lipinski definition) is 3. The van der Waals surface area contributed by atoms with E-state index in [-0.39, 0.29) is 21.6 Å². The molecule has 0 aromatic heterocycles. The van der Waals surface area contributed by atoms with E-state index in [0.717, 1.165) is 0 Å². The summed E-state index contributed by atoms with van der Waals surface area (Å²) in [6, 6.07) is 3.19. The van der Waals surface area contributed by atoms with Crippen molar-refractivity contribution in [2.24, 2.45) is 16.3 Å². The van der Waals surface area contributed by atoms with Gasteiger partial charge in [0.2, 0.25) is 5.91 Å². The second-order valence-corrected chi connectivity index (χ2v) is 6.04. The van der Waals surface area contributed by atoms with E-state index in [2.05, 4.69) is 26.4 Å². The maximum absolute atomic E-state index is 12.1. The van der Waals surface area contributed by atoms with Crippen LogP contribution in [0.3, 0.4) is 0 Å². The van der Waals surface area contributed by atoms with Crippen molar-refractivity contribution in [2.75, 3.05) is 5.32 Å². The minimum atomic E-state index is -1.20. The van der Waals surface area contributed by atoms with Gasteiger partial charge in [-0.1, -0.05) is 44.3 Å². The number of carbonyl (C=O) groups is 1. The predicted molar refractivity (Wildman–Crippen MR) is 80.0 cm³/mol. The van der Waals surface area contributed by atoms with Crippen molar-refractivity contribution in [3.63, 3.8) is 0 Å². The SMILES string of the molecule is CC(C)(C(=O)Nc1c(Cl)cc(Br)cc1Cl)C(N)=NO. The van der Waals surface area contributed by atoms with Crippen molar-refractivity contribution in [1.82, 2.24) is 0 Å². The summed E-state index contributed by atoms with van der Waals surface area (Å²) in [7, 11) is 0. The zero-order valence-electron chi connectivity index (χ0n) is 10.2. The number of halogens is 3. The predicted octanol–water partition coefficient (Wildman–Crippen LogP) is 3.47. The first-order chi connectivity index (χ1) is 8.70. The number of carbonyl (C=O) groups excluding carboxylic acids is 1. The Morgan fingerprint density at radius 1 is 1.42 bits per heavy atom. The highest BCUT2D eigenvalue weighted by Gasteiger charge is 2.33. The molecule has 1 amide bonds. The van der Waals surface area contributed by atoms with E-state index in [1.165, 1.54) is 13.8 Å². The van der Waals surface area contributed by atoms with Crippen LogP contribution in [-0.2, 0) is 4.79 Å². The lowest BCUT2D eigenvalue weighted by Crippen LogP contribution is -2.42. The van der Waals surface area contributed by atoms with Crippen LogP contribution in [0.25, 0.3) is 0 Å². The van der Waals surface area contributed by atoms with Crippen molar-refractivity contribution < 1.29 is 10.0 Å². The maximum atomic E-state index is 12.1. The second kappa shape index (κ2) is 5.98. The zero-order valence-corrected chi connectivity index (χ0v) is 13.3. The largest absolute Gasteiger partial charge is 0.409 e. The topological polar surface area (TPSA) is 87.7 Å². The molecule has 0 saturated carbocycles. The van der Waals surface area contributed by atoms with Crippen LogP contribution in [0, 0.1) is 5.41 Å². The Labute approximate surface area is 128 Å². The summed E-state index contributed by atoms with van der Waals surface area (Å²) >= 11 is 15.2. The van der Waals surface area contributed by atoms with Gasteiger partial charge >= 0.3 is 0 Å². The van der Waals surface area contributed by atoms with E-state index in [0.29, 0.717) is 4.47 Å². The van der Waals surface area contributed by atoms with Gasteiger partial charge < -0.3 is 16.3 Å². The fourth-order valence-corrected chi connectivity index (χ4v) is 2.48. The van der Waals surface area contributed by atoms with Crippen LogP contribution in [0.1, 0.15) is 13.8 Å². The molecule has 5 nitrogen and oxygen atoms in total. The molecular formula is C11H12BrCl2N3O2. The number of amidine groups is 1. The molecule has 0 saturated heterocycles. The summed E-state index contributed by atoms with van der Waals surface area (Å²) in [6.07, 6.45) is 0. The van der Waals surface area contributed by atoms with Gasteiger partial charge in [0.15, 0.2) is 5.84 Å². The summed E-state index contributed by atoms with van der Waals surface area (Å²) in [6.45, 7) is 3.02. The fraction of sp³-hybridized carbons (Fsp3) is 0.273. The van der Waals surface area contributed by atoms with Crippen LogP contribution in [-0.4, -0.2) is 17.0 Å². The van der Waals surface area contributed by atoms with E-state index >= 15 is 0 Å². The lowest BCUT2D eigenvalue weighted by atomic mass is 9.91. The molecule has 0 aliphatic carbocycles. The van der Waals surface area contributed by atoms with Crippen molar-refractivity contribution in [1.29, 1.82) is 0 Å². The van der Waals surface area contributed by atoms with E-state index in [4.69, 9.17) is 34.1 Å². The third-order valence-corrected chi connectivity index (χ3v) is 3.62. The number of benzene rings is 1. The highest BCUT2D eigenvalue weighted by molar-refractivity contribution is 9.10. The molecule has 4 N–H and O–H groups in total. The number of hydrogen-bond donors (Lipinski definition) is 3. The quantitative estimate of drug-likeness (QED) is 0.330. The second-order valence-electron chi connectivity index (χ2n) is 4.31. The first-order valence-electron chi connectivity index (χ1n) is 5.14. The lowest BCUT2D eigenvalue weighted by molar-refractivity contribution is -0.121. The van der Waals surface area contributed by atoms with Crippen molar-refractivity contribution >= 4 is 56.6 Å². The molecule has 0 aliphatic heterocycles. The first kappa shape index (κ1) is 16.1. The summed E-state index contributed by atoms with van der Waals surface area (Å²) in [5, 5.41) is 14.6. The first-order valence-corrected chi connectivity index (χ1v) is 6.69. The minimum Gasteiger partial charge on any atom is -0.409 e. The Balaban J connectivity index is 3.08. The molecule has 1 rings (SSSR count). The van der Waals surface area contributed by atoms with Gasteiger partial charge in [-0.3, -0.25) is 4.79 Å². The van der Waals surface area contributed by atoms with Crippen LogP contribution >= 0.6 is 39.1 Å². The maximum Gasteiger partial charge on any atom is 0.237 e. The normalized spacial score (nSPS) is 12.4. The van der Waals surface area contributed by atoms with Gasteiger partial charge in [-0.15, -0.1) is 0 Å². The molecule has 0 unspecified atom stereocenters. The molecule has 104 valence electrons. The molecular weight excluding hydrogens is 357 g/mol. The van der Waals surface area contributed by atoms with Crippen molar-refractivity contribution in [2.45, 2.75) is 13.8 Å². The average molecular weight is 369 g/mol. The summed E-state index contributed by atoms with van der Waals surface area (Å²) < 4.78 is 0.691. The summed E-state index contributed by atoms with van der Waals surface area (Å²) in [5.74, 6) is -0.705. The summed E-state index contributed by atoms with van der Waals surface area (Å²) in [5.41, 5.74) is 4.54. The molecule has 0 spiro atoms. The van der Waals surface area contributed by atoms with Crippen LogP contribution in [0.2, 0.25) is 10.0 Å². The number of oxime groups is 1. The molecule has 1 aromatic carbocycles. The van der Waals surface area contributed by atoms with E-state index in [1.807, 2.05) is 0 Å². The molecule has 0 aliphatic rings. The van der Waals surface area contributed by atoms with Gasteiger partial charge in [0.05, 0.1) is 15.7 Å². The van der Waals surface area contributed by atoms with Crippen LogP contribution in [0.5, 0.6) is 0 Å². The minimum absolute atomic E-state index is 0.214. The third kappa shape index (κ3) is 3.52. The molecule has 1 aromatic rings. The van der Waals surface area contributed by atoms with E-state index < -0.39 is 11.3 Å². The molecule has 0 fully saturated rings. The lowest BCUT2D eigenvalue weighted by Gasteiger charge is -2.22. The molecule has 19 heavy (non-hydrogen) atoms. The number of rotatable bonds is 3. The number of nitrogens with zero attached hydrogens (tertiary/aromatic N) is 1. The Morgan fingerprint density at radius 2 is 1.89 bits per heavy atom. The highest BCUT2D eigenvalue weighted by Crippen LogP contribution is 2.34. The Hall–Kier alpha value is -0.980. The Bertz CT molecular complexity index is 524. The van der Waals surface area contributed by atoms with Gasteiger partial charge in [-0.25, -0.2) is 0 Å². The fourth-order valence-electron chi connectivity index (χ4n) is 1.17. The van der Waals surface area contributed by atoms with Crippen molar-refractivity contribution in [3.8, 4) is 0 Å². The van der Waals surface area contributed by atoms with Crippen LogP contribution in [0.4, 0.5) is 5.69 Å². The smallest absolute Gasteiger partial charge is 0.237 e. The Kier molecular flexibility index (Phi) is 5.06. The monoisotopic (exact) mass is 367 g/mol. The van der Waals surface area contributed by atoms with Gasteiger partial charge in [-0.05, 0) is 26.0 Å². The van der Waals surface area contributed by atoms with E-state index in [1.54, 1.807) is 12.1 Å². The van der Waals surface area contributed by atoms with Gasteiger partial charge in [0.1, 0.15) is 5.41 Å². The molecule has 0 bridgehead atoms. The number of nitrogens with one attached hydrogen (secondary N) is 1.